The quantitative estimate of drug-likeness (QED) is 0.453. The van der Waals surface area contributed by atoms with Gasteiger partial charge in [0.1, 0.15) is 6.61 Å². The largest absolute Gasteiger partial charge is 0.456 e. The molecule has 0 radical (unpaired) electrons. The number of halogens is 4. The summed E-state index contributed by atoms with van der Waals surface area (Å²) in [5.41, 5.74) is -0.281. The van der Waals surface area contributed by atoms with Crippen molar-refractivity contribution in [3.05, 3.63) is 75.8 Å². The van der Waals surface area contributed by atoms with Crippen LogP contribution in [0.5, 0.6) is 0 Å². The summed E-state index contributed by atoms with van der Waals surface area (Å²) >= 11 is 7.14. The van der Waals surface area contributed by atoms with E-state index in [2.05, 4.69) is 4.98 Å². The van der Waals surface area contributed by atoms with Crippen molar-refractivity contribution in [2.45, 2.75) is 19.7 Å². The van der Waals surface area contributed by atoms with Crippen LogP contribution in [-0.4, -0.2) is 16.9 Å². The van der Waals surface area contributed by atoms with Crippen molar-refractivity contribution in [3.63, 3.8) is 0 Å². The standard InChI is InChI=1S/C20H14ClF3N2O3S/c1-12(27)26(17-7-3-6-15(21)9-17)19-25-16(11-30-19)10-29-18(28)13-4-2-5-14(8-13)20(22,23)24/h2-9,11H,10H2,1H3. The van der Waals surface area contributed by atoms with Gasteiger partial charge in [-0.05, 0) is 36.4 Å². The topological polar surface area (TPSA) is 59.5 Å². The van der Waals surface area contributed by atoms with Crippen LogP contribution in [-0.2, 0) is 22.3 Å². The van der Waals surface area contributed by atoms with Crippen molar-refractivity contribution in [1.82, 2.24) is 4.98 Å². The van der Waals surface area contributed by atoms with Crippen LogP contribution in [0.4, 0.5) is 24.0 Å². The minimum atomic E-state index is -4.56. The molecule has 0 saturated carbocycles. The highest BCUT2D eigenvalue weighted by atomic mass is 35.5. The molecular weight excluding hydrogens is 441 g/mol. The number of rotatable bonds is 5. The molecule has 3 rings (SSSR count). The SMILES string of the molecule is CC(=O)N(c1cccc(Cl)c1)c1nc(COC(=O)c2cccc(C(F)(F)F)c2)cs1. The summed E-state index contributed by atoms with van der Waals surface area (Å²) in [5, 5.41) is 2.38. The molecule has 0 spiro atoms. The third-order valence-corrected chi connectivity index (χ3v) is 5.00. The second-order valence-corrected chi connectivity index (χ2v) is 7.38. The van der Waals surface area contributed by atoms with E-state index in [0.717, 1.165) is 29.5 Å². The molecule has 30 heavy (non-hydrogen) atoms. The van der Waals surface area contributed by atoms with Crippen LogP contribution in [0.15, 0.2) is 53.9 Å². The van der Waals surface area contributed by atoms with Crippen LogP contribution in [0.3, 0.4) is 0 Å². The molecule has 3 aromatic rings. The van der Waals surface area contributed by atoms with Gasteiger partial charge in [0, 0.05) is 17.3 Å². The van der Waals surface area contributed by atoms with Crippen molar-refractivity contribution < 1.29 is 27.5 Å². The Hall–Kier alpha value is -2.91. The molecule has 0 aliphatic carbocycles. The second-order valence-electron chi connectivity index (χ2n) is 6.11. The predicted octanol–water partition coefficient (Wildman–Crippen LogP) is 5.86. The number of hydrogen-bond acceptors (Lipinski definition) is 5. The maximum Gasteiger partial charge on any atom is 0.416 e. The zero-order chi connectivity index (χ0) is 21.9. The Morgan fingerprint density at radius 1 is 1.17 bits per heavy atom. The number of nitrogens with zero attached hydrogens (tertiary/aromatic N) is 2. The fourth-order valence-electron chi connectivity index (χ4n) is 2.55. The molecule has 1 heterocycles. The maximum absolute atomic E-state index is 12.8. The van der Waals surface area contributed by atoms with E-state index in [9.17, 15) is 22.8 Å². The van der Waals surface area contributed by atoms with Gasteiger partial charge in [0.15, 0.2) is 5.13 Å². The van der Waals surface area contributed by atoms with Gasteiger partial charge in [0.05, 0.1) is 22.5 Å². The van der Waals surface area contributed by atoms with Crippen molar-refractivity contribution in [2.24, 2.45) is 0 Å². The van der Waals surface area contributed by atoms with Crippen molar-refractivity contribution in [1.29, 1.82) is 0 Å². The van der Waals surface area contributed by atoms with Gasteiger partial charge in [0.25, 0.3) is 0 Å². The Morgan fingerprint density at radius 2 is 1.90 bits per heavy atom. The average Bonchev–Trinajstić information content (AvgIpc) is 3.14. The van der Waals surface area contributed by atoms with Gasteiger partial charge in [0.2, 0.25) is 5.91 Å². The molecule has 0 saturated heterocycles. The van der Waals surface area contributed by atoms with E-state index in [0.29, 0.717) is 21.5 Å². The highest BCUT2D eigenvalue weighted by Crippen LogP contribution is 2.31. The van der Waals surface area contributed by atoms with Crippen LogP contribution in [0.1, 0.15) is 28.5 Å². The van der Waals surface area contributed by atoms with Crippen LogP contribution >= 0.6 is 22.9 Å². The van der Waals surface area contributed by atoms with E-state index in [1.807, 2.05) is 0 Å². The summed E-state index contributed by atoms with van der Waals surface area (Å²) in [6.45, 7) is 1.11. The number of hydrogen-bond donors (Lipinski definition) is 0. The molecule has 0 atom stereocenters. The fraction of sp³-hybridized carbons (Fsp3) is 0.150. The number of carbonyl (C=O) groups excluding carboxylic acids is 2. The maximum atomic E-state index is 12.8. The molecule has 0 bridgehead atoms. The molecule has 0 fully saturated rings. The lowest BCUT2D eigenvalue weighted by atomic mass is 10.1. The van der Waals surface area contributed by atoms with Crippen molar-refractivity contribution >= 4 is 45.6 Å². The Bertz CT molecular complexity index is 1080. The summed E-state index contributed by atoms with van der Waals surface area (Å²) in [5.74, 6) is -1.20. The number of amides is 1. The number of alkyl halides is 3. The number of carbonyl (C=O) groups is 2. The van der Waals surface area contributed by atoms with Crippen LogP contribution in [0.25, 0.3) is 0 Å². The highest BCUT2D eigenvalue weighted by molar-refractivity contribution is 7.14. The molecule has 1 amide bonds. The molecule has 0 unspecified atom stereocenters. The lowest BCUT2D eigenvalue weighted by Crippen LogP contribution is -2.22. The summed E-state index contributed by atoms with van der Waals surface area (Å²) in [6, 6.07) is 10.6. The molecule has 1 aromatic heterocycles. The van der Waals surface area contributed by atoms with E-state index in [-0.39, 0.29) is 18.1 Å². The average molecular weight is 455 g/mol. The van der Waals surface area contributed by atoms with Crippen LogP contribution in [0, 0.1) is 0 Å². The van der Waals surface area contributed by atoms with Gasteiger partial charge < -0.3 is 4.74 Å². The second kappa shape index (κ2) is 8.85. The molecule has 0 aliphatic heterocycles. The normalized spacial score (nSPS) is 11.2. The van der Waals surface area contributed by atoms with Crippen LogP contribution in [0.2, 0.25) is 5.02 Å². The first-order valence-corrected chi connectivity index (χ1v) is 9.76. The number of thiazole rings is 1. The molecule has 0 N–H and O–H groups in total. The molecule has 5 nitrogen and oxygen atoms in total. The zero-order valence-corrected chi connectivity index (χ0v) is 17.0. The Kier molecular flexibility index (Phi) is 6.42. The molecule has 10 heteroatoms. The summed E-state index contributed by atoms with van der Waals surface area (Å²) in [6.07, 6.45) is -4.56. The Balaban J connectivity index is 1.72. The van der Waals surface area contributed by atoms with Crippen molar-refractivity contribution in [3.8, 4) is 0 Å². The molecule has 2 aromatic carbocycles. The Morgan fingerprint density at radius 3 is 2.57 bits per heavy atom. The van der Waals surface area contributed by atoms with Crippen LogP contribution < -0.4 is 4.90 Å². The number of aromatic nitrogens is 1. The third kappa shape index (κ3) is 5.17. The minimum Gasteiger partial charge on any atom is -0.456 e. The molecule has 156 valence electrons. The van der Waals surface area contributed by atoms with Gasteiger partial charge in [-0.25, -0.2) is 9.78 Å². The van der Waals surface area contributed by atoms with Gasteiger partial charge >= 0.3 is 12.1 Å². The van der Waals surface area contributed by atoms with E-state index in [1.165, 1.54) is 17.9 Å². The van der Waals surface area contributed by atoms with Gasteiger partial charge in [-0.1, -0.05) is 23.7 Å². The van der Waals surface area contributed by atoms with E-state index in [1.54, 1.807) is 29.6 Å². The number of esters is 1. The first kappa shape index (κ1) is 21.8. The predicted molar refractivity (Wildman–Crippen MR) is 107 cm³/mol. The number of benzene rings is 2. The first-order valence-electron chi connectivity index (χ1n) is 8.50. The van der Waals surface area contributed by atoms with E-state index >= 15 is 0 Å². The smallest absolute Gasteiger partial charge is 0.416 e. The lowest BCUT2D eigenvalue weighted by molar-refractivity contribution is -0.137. The number of ether oxygens (including phenoxy) is 1. The summed E-state index contributed by atoms with van der Waals surface area (Å²) < 4.78 is 43.4. The first-order chi connectivity index (χ1) is 14.1. The van der Waals surface area contributed by atoms with E-state index < -0.39 is 17.7 Å². The zero-order valence-electron chi connectivity index (χ0n) is 15.4. The highest BCUT2D eigenvalue weighted by Gasteiger charge is 2.31. The van der Waals surface area contributed by atoms with Gasteiger partial charge in [-0.3, -0.25) is 9.69 Å². The minimum absolute atomic E-state index is 0.218. The molecular formula is C20H14ClF3N2O3S. The number of anilines is 2. The van der Waals surface area contributed by atoms with Gasteiger partial charge in [-0.15, -0.1) is 11.3 Å². The third-order valence-electron chi connectivity index (χ3n) is 3.89. The van der Waals surface area contributed by atoms with Crippen molar-refractivity contribution in [2.75, 3.05) is 4.90 Å². The monoisotopic (exact) mass is 454 g/mol. The molecule has 0 aliphatic rings. The Labute approximate surface area is 178 Å². The lowest BCUT2D eigenvalue weighted by Gasteiger charge is -2.18. The van der Waals surface area contributed by atoms with E-state index in [4.69, 9.17) is 16.3 Å². The van der Waals surface area contributed by atoms with Gasteiger partial charge in [-0.2, -0.15) is 13.2 Å². The fourth-order valence-corrected chi connectivity index (χ4v) is 3.61. The summed E-state index contributed by atoms with van der Waals surface area (Å²) in [4.78, 5) is 29.9. The summed E-state index contributed by atoms with van der Waals surface area (Å²) in [7, 11) is 0.